The average Bonchev–Trinajstić information content (AvgIpc) is 3.22. The number of nitrogens with one attached hydrogen (secondary N) is 1. The largest absolute Gasteiger partial charge is 0.573 e. The lowest BCUT2D eigenvalue weighted by atomic mass is 10.1. The fourth-order valence-electron chi connectivity index (χ4n) is 3.64. The highest BCUT2D eigenvalue weighted by Crippen LogP contribution is 2.35. The number of halogens is 3. The normalized spacial score (nSPS) is 14.3. The lowest BCUT2D eigenvalue weighted by Crippen LogP contribution is -2.31. The molecule has 39 heavy (non-hydrogen) atoms. The average molecular weight is 558 g/mol. The number of carbonyl (C=O) groups excluding carboxylic acids is 2. The zero-order valence-electron chi connectivity index (χ0n) is 20.7. The van der Waals surface area contributed by atoms with Crippen LogP contribution < -0.4 is 24.4 Å². The van der Waals surface area contributed by atoms with E-state index >= 15 is 0 Å². The maximum atomic E-state index is 13.4. The maximum absolute atomic E-state index is 13.4. The van der Waals surface area contributed by atoms with E-state index in [0.717, 1.165) is 23.9 Å². The molecule has 2 amide bonds. The summed E-state index contributed by atoms with van der Waals surface area (Å²) in [5.41, 5.74) is 1.56. The summed E-state index contributed by atoms with van der Waals surface area (Å²) in [4.78, 5) is 31.9. The van der Waals surface area contributed by atoms with E-state index in [4.69, 9.17) is 9.47 Å². The van der Waals surface area contributed by atoms with Gasteiger partial charge in [-0.2, -0.15) is 0 Å². The van der Waals surface area contributed by atoms with Crippen LogP contribution in [0.3, 0.4) is 0 Å². The van der Waals surface area contributed by atoms with Gasteiger partial charge < -0.3 is 19.5 Å². The van der Waals surface area contributed by atoms with Crippen LogP contribution >= 0.6 is 11.8 Å². The monoisotopic (exact) mass is 557 g/mol. The van der Waals surface area contributed by atoms with E-state index in [1.54, 1.807) is 48.5 Å². The van der Waals surface area contributed by atoms with Crippen LogP contribution in [0, 0.1) is 0 Å². The SMILES string of the molecule is COc1cccc(/C=C2\N=C(SCC(=O)Nc3ccc(OC(F)(F)F)cc3)N(c3ccccc3)C2=O)c1OC. The number of nitrogens with zero attached hydrogens (tertiary/aromatic N) is 2. The Balaban J connectivity index is 1.53. The highest BCUT2D eigenvalue weighted by molar-refractivity contribution is 8.14. The minimum absolute atomic E-state index is 0.119. The van der Waals surface area contributed by atoms with Crippen LogP contribution in [0.4, 0.5) is 24.5 Å². The second-order valence-electron chi connectivity index (χ2n) is 7.89. The van der Waals surface area contributed by atoms with Gasteiger partial charge in [0.25, 0.3) is 5.91 Å². The number of amides is 2. The van der Waals surface area contributed by atoms with Gasteiger partial charge in [0.1, 0.15) is 11.4 Å². The molecule has 1 aliphatic heterocycles. The van der Waals surface area contributed by atoms with Crippen LogP contribution in [0.2, 0.25) is 0 Å². The predicted octanol–water partition coefficient (Wildman–Crippen LogP) is 5.72. The Kier molecular flexibility index (Phi) is 8.45. The number of rotatable bonds is 8. The highest BCUT2D eigenvalue weighted by atomic mass is 32.2. The van der Waals surface area contributed by atoms with E-state index in [1.165, 1.54) is 31.3 Å². The third kappa shape index (κ3) is 6.90. The Hall–Kier alpha value is -4.45. The number of methoxy groups -OCH3 is 2. The van der Waals surface area contributed by atoms with E-state index in [2.05, 4.69) is 15.0 Å². The number of thioether (sulfide) groups is 1. The fraction of sp³-hybridized carbons (Fsp3) is 0.148. The predicted molar refractivity (Wildman–Crippen MR) is 143 cm³/mol. The van der Waals surface area contributed by atoms with Crippen molar-refractivity contribution in [3.05, 3.63) is 84.1 Å². The van der Waals surface area contributed by atoms with Gasteiger partial charge in [-0.15, -0.1) is 13.2 Å². The Bertz CT molecular complexity index is 1410. The Morgan fingerprint density at radius 3 is 2.36 bits per heavy atom. The molecule has 1 heterocycles. The molecule has 0 aromatic heterocycles. The molecule has 0 fully saturated rings. The molecule has 1 aliphatic rings. The summed E-state index contributed by atoms with van der Waals surface area (Å²) >= 11 is 1.03. The molecule has 3 aromatic rings. The standard InChI is InChI=1S/C27H22F3N3O5S/c1-36-22-10-6-7-17(24(22)37-2)15-21-25(35)33(19-8-4-3-5-9-19)26(32-21)39-16-23(34)31-18-11-13-20(14-12-18)38-27(28,29)30/h3-15H,16H2,1-2H3,(H,31,34)/b21-15-. The minimum atomic E-state index is -4.81. The van der Waals surface area contributed by atoms with E-state index in [9.17, 15) is 22.8 Å². The Morgan fingerprint density at radius 2 is 1.72 bits per heavy atom. The molecule has 202 valence electrons. The molecule has 0 saturated carbocycles. The second kappa shape index (κ2) is 11.9. The zero-order valence-corrected chi connectivity index (χ0v) is 21.5. The molecule has 0 radical (unpaired) electrons. The van der Waals surface area contributed by atoms with Crippen LogP contribution in [-0.4, -0.2) is 43.3 Å². The van der Waals surface area contributed by atoms with Crippen molar-refractivity contribution in [3.63, 3.8) is 0 Å². The number of hydrogen-bond acceptors (Lipinski definition) is 7. The zero-order chi connectivity index (χ0) is 28.0. The van der Waals surface area contributed by atoms with E-state index < -0.39 is 23.9 Å². The number of para-hydroxylation sites is 2. The molecule has 3 aromatic carbocycles. The van der Waals surface area contributed by atoms with Crippen molar-refractivity contribution in [3.8, 4) is 17.2 Å². The lowest BCUT2D eigenvalue weighted by Gasteiger charge is -2.17. The molecule has 0 atom stereocenters. The molecule has 0 bridgehead atoms. The van der Waals surface area contributed by atoms with E-state index in [0.29, 0.717) is 22.7 Å². The number of aliphatic imine (C=N–C) groups is 1. The smallest absolute Gasteiger partial charge is 0.493 e. The topological polar surface area (TPSA) is 89.5 Å². The quantitative estimate of drug-likeness (QED) is 0.357. The molecule has 1 N–H and O–H groups in total. The van der Waals surface area contributed by atoms with Gasteiger partial charge in [-0.25, -0.2) is 4.99 Å². The number of hydrogen-bond donors (Lipinski definition) is 1. The first-order valence-corrected chi connectivity index (χ1v) is 12.4. The molecule has 0 spiro atoms. The lowest BCUT2D eigenvalue weighted by molar-refractivity contribution is -0.274. The van der Waals surface area contributed by atoms with Crippen LogP contribution in [-0.2, 0) is 9.59 Å². The summed E-state index contributed by atoms with van der Waals surface area (Å²) in [6.07, 6.45) is -3.23. The van der Waals surface area contributed by atoms with Crippen molar-refractivity contribution in [2.24, 2.45) is 4.99 Å². The van der Waals surface area contributed by atoms with Crippen LogP contribution in [0.1, 0.15) is 5.56 Å². The summed E-state index contributed by atoms with van der Waals surface area (Å²) in [5, 5.41) is 2.88. The number of anilines is 2. The van der Waals surface area contributed by atoms with Crippen molar-refractivity contribution in [2.45, 2.75) is 6.36 Å². The van der Waals surface area contributed by atoms with Gasteiger partial charge in [-0.05, 0) is 48.5 Å². The van der Waals surface area contributed by atoms with Crippen molar-refractivity contribution in [1.82, 2.24) is 0 Å². The minimum Gasteiger partial charge on any atom is -0.493 e. The molecule has 0 aliphatic carbocycles. The maximum Gasteiger partial charge on any atom is 0.573 e. The van der Waals surface area contributed by atoms with Crippen molar-refractivity contribution in [2.75, 3.05) is 30.2 Å². The Morgan fingerprint density at radius 1 is 1.00 bits per heavy atom. The van der Waals surface area contributed by atoms with E-state index in [-0.39, 0.29) is 22.3 Å². The fourth-order valence-corrected chi connectivity index (χ4v) is 4.45. The molecule has 8 nitrogen and oxygen atoms in total. The van der Waals surface area contributed by atoms with Gasteiger partial charge in [0.05, 0.1) is 25.7 Å². The van der Waals surface area contributed by atoms with Gasteiger partial charge in [0.2, 0.25) is 5.91 Å². The van der Waals surface area contributed by atoms with Gasteiger partial charge in [0, 0.05) is 11.3 Å². The summed E-state index contributed by atoms with van der Waals surface area (Å²) in [7, 11) is 3.00. The number of benzene rings is 3. The first kappa shape index (κ1) is 27.6. The molecule has 0 unspecified atom stereocenters. The van der Waals surface area contributed by atoms with Crippen molar-refractivity contribution >= 4 is 46.2 Å². The summed E-state index contributed by atoms with van der Waals surface area (Å²) in [5.74, 6) is -0.432. The van der Waals surface area contributed by atoms with Gasteiger partial charge in [-0.1, -0.05) is 42.1 Å². The molecule has 12 heteroatoms. The Labute approximate surface area is 226 Å². The van der Waals surface area contributed by atoms with Gasteiger partial charge >= 0.3 is 6.36 Å². The van der Waals surface area contributed by atoms with Crippen LogP contribution in [0.15, 0.2) is 83.5 Å². The van der Waals surface area contributed by atoms with Crippen molar-refractivity contribution in [1.29, 1.82) is 0 Å². The summed E-state index contributed by atoms with van der Waals surface area (Å²) in [6.45, 7) is 0. The number of carbonyl (C=O) groups is 2. The van der Waals surface area contributed by atoms with Crippen LogP contribution in [0.25, 0.3) is 6.08 Å². The second-order valence-corrected chi connectivity index (χ2v) is 8.83. The molecular weight excluding hydrogens is 535 g/mol. The first-order valence-electron chi connectivity index (χ1n) is 11.4. The molecule has 0 saturated heterocycles. The van der Waals surface area contributed by atoms with Crippen molar-refractivity contribution < 1.29 is 37.0 Å². The third-order valence-corrected chi connectivity index (χ3v) is 6.21. The van der Waals surface area contributed by atoms with Gasteiger partial charge in [0.15, 0.2) is 16.7 Å². The highest BCUT2D eigenvalue weighted by Gasteiger charge is 2.33. The summed E-state index contributed by atoms with van der Waals surface area (Å²) in [6, 6.07) is 18.9. The molecular formula is C27H22F3N3O5S. The van der Waals surface area contributed by atoms with E-state index in [1.807, 2.05) is 6.07 Å². The third-order valence-electron chi connectivity index (χ3n) is 5.27. The number of amidine groups is 1. The number of ether oxygens (including phenoxy) is 3. The number of alkyl halides is 3. The van der Waals surface area contributed by atoms with Gasteiger partial charge in [-0.3, -0.25) is 14.5 Å². The molecule has 4 rings (SSSR count). The van der Waals surface area contributed by atoms with Crippen LogP contribution in [0.5, 0.6) is 17.2 Å². The first-order chi connectivity index (χ1) is 18.7. The summed E-state index contributed by atoms with van der Waals surface area (Å²) < 4.78 is 51.7.